The number of thiazole rings is 1. The van der Waals surface area contributed by atoms with Gasteiger partial charge in [-0.15, -0.1) is 11.3 Å². The van der Waals surface area contributed by atoms with Crippen molar-refractivity contribution in [2.45, 2.75) is 13.5 Å². The lowest BCUT2D eigenvalue weighted by Gasteiger charge is -2.07. The Morgan fingerprint density at radius 3 is 3.00 bits per heavy atom. The molecule has 0 aliphatic heterocycles. The summed E-state index contributed by atoms with van der Waals surface area (Å²) in [6.45, 7) is 2.61. The predicted molar refractivity (Wildman–Crippen MR) is 87.3 cm³/mol. The molecule has 0 saturated carbocycles. The van der Waals surface area contributed by atoms with E-state index < -0.39 is 0 Å². The van der Waals surface area contributed by atoms with Crippen molar-refractivity contribution in [3.63, 3.8) is 0 Å². The molecule has 21 heavy (non-hydrogen) atoms. The van der Waals surface area contributed by atoms with Gasteiger partial charge in [-0.05, 0) is 41.8 Å². The molecule has 0 unspecified atom stereocenters. The quantitative estimate of drug-likeness (QED) is 0.593. The normalized spacial score (nSPS) is 11.5. The maximum atomic E-state index is 5.68. The molecule has 5 heteroatoms. The van der Waals surface area contributed by atoms with Crippen molar-refractivity contribution < 1.29 is 0 Å². The van der Waals surface area contributed by atoms with Gasteiger partial charge in [-0.1, -0.05) is 12.1 Å². The highest BCUT2D eigenvalue weighted by molar-refractivity contribution is 7.18. The second kappa shape index (κ2) is 4.65. The minimum atomic E-state index is 0.491. The lowest BCUT2D eigenvalue weighted by atomic mass is 9.97. The molecule has 0 aliphatic carbocycles. The number of nitrogens with one attached hydrogen (secondary N) is 1. The van der Waals surface area contributed by atoms with E-state index in [1.54, 1.807) is 11.3 Å². The summed E-state index contributed by atoms with van der Waals surface area (Å²) in [7, 11) is 0. The molecule has 0 aliphatic rings. The second-order valence-corrected chi connectivity index (χ2v) is 6.20. The van der Waals surface area contributed by atoms with E-state index in [1.165, 1.54) is 21.4 Å². The molecule has 0 fully saturated rings. The zero-order valence-corrected chi connectivity index (χ0v) is 12.4. The number of hydrogen-bond donors (Lipinski definition) is 2. The van der Waals surface area contributed by atoms with Crippen LogP contribution in [0.1, 0.15) is 10.6 Å². The Morgan fingerprint density at radius 2 is 2.14 bits per heavy atom. The van der Waals surface area contributed by atoms with Gasteiger partial charge >= 0.3 is 0 Å². The Morgan fingerprint density at radius 1 is 1.24 bits per heavy atom. The summed E-state index contributed by atoms with van der Waals surface area (Å²) in [6, 6.07) is 10.6. The average Bonchev–Trinajstić information content (AvgIpc) is 3.11. The van der Waals surface area contributed by atoms with Gasteiger partial charge in [-0.2, -0.15) is 5.10 Å². The van der Waals surface area contributed by atoms with Crippen LogP contribution in [0, 0.1) is 6.92 Å². The zero-order valence-electron chi connectivity index (χ0n) is 11.6. The molecule has 0 saturated heterocycles. The highest BCUT2D eigenvalue weighted by Gasteiger charge is 2.11. The van der Waals surface area contributed by atoms with E-state index in [2.05, 4.69) is 52.4 Å². The minimum absolute atomic E-state index is 0.491. The molecule has 4 rings (SSSR count). The van der Waals surface area contributed by atoms with Crippen molar-refractivity contribution in [2.24, 2.45) is 5.73 Å². The van der Waals surface area contributed by atoms with Gasteiger partial charge in [0.2, 0.25) is 0 Å². The van der Waals surface area contributed by atoms with Gasteiger partial charge in [0.25, 0.3) is 0 Å². The number of rotatable bonds is 2. The molecule has 0 amide bonds. The molecule has 0 spiro atoms. The number of H-pyrrole nitrogens is 1. The van der Waals surface area contributed by atoms with Crippen molar-refractivity contribution >= 4 is 32.5 Å². The molecular weight excluding hydrogens is 280 g/mol. The third kappa shape index (κ3) is 1.93. The van der Waals surface area contributed by atoms with Gasteiger partial charge in [0.05, 0.1) is 21.9 Å². The van der Waals surface area contributed by atoms with Crippen molar-refractivity contribution in [3.8, 4) is 11.1 Å². The third-order valence-corrected chi connectivity index (χ3v) is 4.79. The van der Waals surface area contributed by atoms with Crippen LogP contribution >= 0.6 is 11.3 Å². The standard InChI is InChI=1S/C16H14N4S/c1-9-2-4-12-11(8-18-20-12)16(9)10-3-5-14-13(6-10)19-15(7-17)21-14/h2-6,8H,7,17H2,1H3,(H,18,20). The topological polar surface area (TPSA) is 67.6 Å². The number of fused-ring (bicyclic) bond motifs is 2. The van der Waals surface area contributed by atoms with E-state index in [0.717, 1.165) is 21.4 Å². The fraction of sp³-hybridized carbons (Fsp3) is 0.125. The summed E-state index contributed by atoms with van der Waals surface area (Å²) in [5.41, 5.74) is 11.4. The summed E-state index contributed by atoms with van der Waals surface area (Å²) in [5, 5.41) is 9.30. The highest BCUT2D eigenvalue weighted by atomic mass is 32.1. The van der Waals surface area contributed by atoms with Crippen molar-refractivity contribution in [1.29, 1.82) is 0 Å². The molecule has 2 aromatic heterocycles. The number of benzene rings is 2. The highest BCUT2D eigenvalue weighted by Crippen LogP contribution is 2.33. The SMILES string of the molecule is Cc1ccc2[nH]ncc2c1-c1ccc2sc(CN)nc2c1. The first-order chi connectivity index (χ1) is 10.3. The number of aromatic nitrogens is 3. The smallest absolute Gasteiger partial charge is 0.107 e. The molecule has 0 atom stereocenters. The third-order valence-electron chi connectivity index (χ3n) is 3.73. The predicted octanol–water partition coefficient (Wildman–Crippen LogP) is 3.61. The number of nitrogens with zero attached hydrogens (tertiary/aromatic N) is 2. The van der Waals surface area contributed by atoms with Crippen LogP contribution in [-0.4, -0.2) is 15.2 Å². The van der Waals surface area contributed by atoms with E-state index in [9.17, 15) is 0 Å². The molecule has 0 bridgehead atoms. The molecule has 2 aromatic carbocycles. The Bertz CT molecular complexity index is 951. The maximum absolute atomic E-state index is 5.68. The van der Waals surface area contributed by atoms with Crippen LogP contribution in [0.3, 0.4) is 0 Å². The van der Waals surface area contributed by atoms with Crippen molar-refractivity contribution in [1.82, 2.24) is 15.2 Å². The molecule has 4 aromatic rings. The van der Waals surface area contributed by atoms with Crippen molar-refractivity contribution in [3.05, 3.63) is 47.1 Å². The van der Waals surface area contributed by atoms with Crippen LogP contribution in [0.5, 0.6) is 0 Å². The molecule has 0 radical (unpaired) electrons. The summed E-state index contributed by atoms with van der Waals surface area (Å²) in [6.07, 6.45) is 1.88. The monoisotopic (exact) mass is 294 g/mol. The lowest BCUT2D eigenvalue weighted by molar-refractivity contribution is 1.05. The van der Waals surface area contributed by atoms with Gasteiger partial charge in [0, 0.05) is 11.9 Å². The number of aryl methyl sites for hydroxylation is 1. The summed E-state index contributed by atoms with van der Waals surface area (Å²) >= 11 is 1.66. The van der Waals surface area contributed by atoms with Gasteiger partial charge in [0.1, 0.15) is 5.01 Å². The largest absolute Gasteiger partial charge is 0.325 e. The van der Waals surface area contributed by atoms with E-state index in [0.29, 0.717) is 6.54 Å². The van der Waals surface area contributed by atoms with E-state index in [4.69, 9.17) is 5.73 Å². The Balaban J connectivity index is 1.99. The van der Waals surface area contributed by atoms with E-state index in [1.807, 2.05) is 6.20 Å². The van der Waals surface area contributed by atoms with E-state index in [-0.39, 0.29) is 0 Å². The molecular formula is C16H14N4S. The molecule has 4 nitrogen and oxygen atoms in total. The first-order valence-electron chi connectivity index (χ1n) is 6.79. The van der Waals surface area contributed by atoms with Crippen LogP contribution in [0.15, 0.2) is 36.5 Å². The fourth-order valence-corrected chi connectivity index (χ4v) is 3.55. The summed E-state index contributed by atoms with van der Waals surface area (Å²) in [4.78, 5) is 4.58. The second-order valence-electron chi connectivity index (χ2n) is 5.08. The first-order valence-corrected chi connectivity index (χ1v) is 7.60. The molecule has 2 heterocycles. The summed E-state index contributed by atoms with van der Waals surface area (Å²) in [5.74, 6) is 0. The van der Waals surface area contributed by atoms with Crippen molar-refractivity contribution in [2.75, 3.05) is 0 Å². The van der Waals surface area contributed by atoms with Gasteiger partial charge in [0.15, 0.2) is 0 Å². The van der Waals surface area contributed by atoms with Crippen LogP contribution < -0.4 is 5.73 Å². The Kier molecular flexibility index (Phi) is 2.77. The molecule has 104 valence electrons. The lowest BCUT2D eigenvalue weighted by Crippen LogP contribution is -1.93. The first kappa shape index (κ1) is 12.5. The zero-order chi connectivity index (χ0) is 14.4. The fourth-order valence-electron chi connectivity index (χ4n) is 2.73. The van der Waals surface area contributed by atoms with E-state index >= 15 is 0 Å². The average molecular weight is 294 g/mol. The Hall–Kier alpha value is -2.24. The summed E-state index contributed by atoms with van der Waals surface area (Å²) < 4.78 is 1.18. The van der Waals surface area contributed by atoms with Gasteiger partial charge < -0.3 is 5.73 Å². The van der Waals surface area contributed by atoms with Crippen LogP contribution in [-0.2, 0) is 6.54 Å². The van der Waals surface area contributed by atoms with Crippen LogP contribution in [0.25, 0.3) is 32.2 Å². The Labute approximate surface area is 125 Å². The molecule has 3 N–H and O–H groups in total. The number of hydrogen-bond acceptors (Lipinski definition) is 4. The van der Waals surface area contributed by atoms with Gasteiger partial charge in [-0.3, -0.25) is 5.10 Å². The number of aromatic amines is 1. The number of nitrogens with two attached hydrogens (primary N) is 1. The van der Waals surface area contributed by atoms with Crippen LogP contribution in [0.2, 0.25) is 0 Å². The minimum Gasteiger partial charge on any atom is -0.325 e. The maximum Gasteiger partial charge on any atom is 0.107 e. The van der Waals surface area contributed by atoms with Gasteiger partial charge in [-0.25, -0.2) is 4.98 Å². The van der Waals surface area contributed by atoms with Crippen LogP contribution in [0.4, 0.5) is 0 Å².